The highest BCUT2D eigenvalue weighted by atomic mass is 16.5. The number of fused-ring (bicyclic) bond motifs is 1. The highest BCUT2D eigenvalue weighted by molar-refractivity contribution is 5.92. The smallest absolute Gasteiger partial charge is 0.319 e. The van der Waals surface area contributed by atoms with E-state index in [1.165, 1.54) is 6.92 Å². The van der Waals surface area contributed by atoms with E-state index in [4.69, 9.17) is 9.47 Å². The number of aliphatic hydroxyl groups is 1. The second-order valence-corrected chi connectivity index (χ2v) is 16.8. The molecule has 1 aliphatic heterocycles. The third kappa shape index (κ3) is 15.5. The van der Waals surface area contributed by atoms with Crippen molar-refractivity contribution in [1.29, 1.82) is 0 Å². The maximum Gasteiger partial charge on any atom is 0.319 e. The summed E-state index contributed by atoms with van der Waals surface area (Å²) in [6.07, 6.45) is 5.09. The number of nitrogens with one attached hydrogen (secondary N) is 4. The Hall–Kier alpha value is -4.53. The van der Waals surface area contributed by atoms with Crippen LogP contribution in [0.15, 0.2) is 48.5 Å². The van der Waals surface area contributed by atoms with Crippen molar-refractivity contribution in [3.63, 3.8) is 0 Å². The van der Waals surface area contributed by atoms with E-state index in [9.17, 15) is 29.1 Å². The molecule has 1 aliphatic carbocycles. The van der Waals surface area contributed by atoms with Crippen molar-refractivity contribution in [3.05, 3.63) is 65.2 Å². The van der Waals surface area contributed by atoms with Gasteiger partial charge < -0.3 is 46.2 Å². The molecule has 0 spiro atoms. The molecule has 59 heavy (non-hydrogen) atoms. The number of carbonyl (C=O) groups is 5. The summed E-state index contributed by atoms with van der Waals surface area (Å²) in [5.41, 5.74) is 2.44. The monoisotopic (exact) mass is 824 g/mol. The van der Waals surface area contributed by atoms with E-state index in [0.29, 0.717) is 44.2 Å². The van der Waals surface area contributed by atoms with Gasteiger partial charge in [-0.15, -0.1) is 0 Å². The van der Waals surface area contributed by atoms with Gasteiger partial charge in [-0.2, -0.15) is 0 Å². The number of hydrogen-bond donors (Lipinski definition) is 5. The fraction of sp³-hybridized carbons (Fsp3) is 0.622. The maximum absolute atomic E-state index is 14.7. The minimum atomic E-state index is -1.11. The van der Waals surface area contributed by atoms with E-state index < -0.39 is 42.1 Å². The van der Waals surface area contributed by atoms with Crippen LogP contribution in [0.4, 0.5) is 0 Å². The minimum absolute atomic E-state index is 0. The van der Waals surface area contributed by atoms with Gasteiger partial charge in [0.05, 0.1) is 37.8 Å². The van der Waals surface area contributed by atoms with Crippen molar-refractivity contribution in [1.82, 2.24) is 26.2 Å². The van der Waals surface area contributed by atoms with Crippen molar-refractivity contribution < 1.29 is 44.0 Å². The van der Waals surface area contributed by atoms with Crippen LogP contribution in [-0.2, 0) is 41.7 Å². The molecule has 328 valence electrons. The van der Waals surface area contributed by atoms with Gasteiger partial charge in [-0.25, -0.2) is 0 Å². The van der Waals surface area contributed by atoms with Crippen LogP contribution in [0.2, 0.25) is 0 Å². The zero-order valence-corrected chi connectivity index (χ0v) is 35.9. The van der Waals surface area contributed by atoms with Gasteiger partial charge in [-0.3, -0.25) is 24.0 Å². The van der Waals surface area contributed by atoms with Gasteiger partial charge in [0, 0.05) is 32.0 Å². The lowest BCUT2D eigenvalue weighted by molar-refractivity contribution is -0.143. The lowest BCUT2D eigenvalue weighted by atomic mass is 9.83. The number of carbonyl (C=O) groups excluding carboxylic acids is 5. The van der Waals surface area contributed by atoms with Crippen molar-refractivity contribution in [3.8, 4) is 5.75 Å². The predicted octanol–water partition coefficient (Wildman–Crippen LogP) is 3.92. The molecular weight excluding hydrogens is 755 g/mol. The lowest BCUT2D eigenvalue weighted by Gasteiger charge is -2.36. The van der Waals surface area contributed by atoms with Gasteiger partial charge in [0.15, 0.2) is 0 Å². The average Bonchev–Trinajstić information content (AvgIpc) is 3.59. The van der Waals surface area contributed by atoms with Crippen LogP contribution in [0.3, 0.4) is 0 Å². The Labute approximate surface area is 350 Å². The summed E-state index contributed by atoms with van der Waals surface area (Å²) in [7, 11) is 0. The molecule has 14 nitrogen and oxygen atoms in total. The van der Waals surface area contributed by atoms with Crippen LogP contribution in [0.5, 0.6) is 5.75 Å². The predicted molar refractivity (Wildman–Crippen MR) is 226 cm³/mol. The molecule has 1 saturated carbocycles. The first kappa shape index (κ1) is 48.8. The fourth-order valence-corrected chi connectivity index (χ4v) is 7.99. The molecule has 2 aliphatic rings. The first-order valence-electron chi connectivity index (χ1n) is 21.3. The van der Waals surface area contributed by atoms with Crippen molar-refractivity contribution in [2.45, 2.75) is 136 Å². The Morgan fingerprint density at radius 1 is 0.915 bits per heavy atom. The summed E-state index contributed by atoms with van der Waals surface area (Å²) >= 11 is 0. The van der Waals surface area contributed by atoms with Gasteiger partial charge in [0.1, 0.15) is 24.4 Å². The zero-order chi connectivity index (χ0) is 42.2. The van der Waals surface area contributed by atoms with Crippen LogP contribution < -0.4 is 26.0 Å². The molecule has 1 heterocycles. The molecule has 4 rings (SSSR count). The molecular formula is C45H69N5O9. The van der Waals surface area contributed by atoms with Crippen LogP contribution in [0.1, 0.15) is 116 Å². The summed E-state index contributed by atoms with van der Waals surface area (Å²) in [4.78, 5) is 69.0. The van der Waals surface area contributed by atoms with E-state index in [1.54, 1.807) is 11.8 Å². The molecule has 3 unspecified atom stereocenters. The Morgan fingerprint density at radius 3 is 2.27 bits per heavy atom. The van der Waals surface area contributed by atoms with Gasteiger partial charge in [-0.05, 0) is 60.8 Å². The van der Waals surface area contributed by atoms with Gasteiger partial charge in [0.2, 0.25) is 23.6 Å². The Balaban J connectivity index is 0.00000930. The highest BCUT2D eigenvalue weighted by Crippen LogP contribution is 2.38. The average molecular weight is 824 g/mol. The number of esters is 1. The lowest BCUT2D eigenvalue weighted by Crippen LogP contribution is -2.58. The SMILES string of the molecule is CCOC(=O)CNCc1ccc2c(c1)C(N(C(C)=O)[C@@H](Cc1ccccc1)C(=O)N[C@@H](CC(C)C)C(=O)NC(CC1CCCCC1)C(O)CC(=O)NCC(C)C)CO2.O. The largest absolute Gasteiger partial charge is 0.491 e. The first-order chi connectivity index (χ1) is 27.7. The maximum atomic E-state index is 14.7. The second kappa shape index (κ2) is 24.5. The number of ether oxygens (including phenoxy) is 2. The molecule has 14 heteroatoms. The second-order valence-electron chi connectivity index (χ2n) is 16.8. The van der Waals surface area contributed by atoms with Crippen LogP contribution in [-0.4, -0.2) is 95.6 Å². The highest BCUT2D eigenvalue weighted by Gasteiger charge is 2.40. The number of rotatable bonds is 22. The molecule has 0 radical (unpaired) electrons. The standard InChI is InChI=1S/C45H67N5O8.H2O/c1-7-57-43(54)27-46-26-34-18-19-41-35(21-34)39(28-58-41)50(31(6)51)38(23-33-16-12-9-13-17-33)45(56)49-37(20-29(2)3)44(55)48-36(22-32-14-10-8-11-15-32)40(52)24-42(53)47-25-30(4)5;/h9,12-13,16-19,21,29-30,32,36-40,46,52H,7-8,10-11,14-15,20,22-28H2,1-6H3,(H,47,53)(H,48,55)(H,49,56);1H2/t36?,37-,38-,39?,40?;/m0./s1. The normalized spacial score (nSPS) is 17.1. The van der Waals surface area contributed by atoms with Gasteiger partial charge in [0.25, 0.3) is 0 Å². The number of nitrogens with zero attached hydrogens (tertiary/aromatic N) is 1. The van der Waals surface area contributed by atoms with Crippen molar-refractivity contribution in [2.75, 3.05) is 26.3 Å². The van der Waals surface area contributed by atoms with E-state index in [0.717, 1.165) is 48.8 Å². The summed E-state index contributed by atoms with van der Waals surface area (Å²) in [6, 6.07) is 11.8. The fourth-order valence-electron chi connectivity index (χ4n) is 7.99. The summed E-state index contributed by atoms with van der Waals surface area (Å²) < 4.78 is 11.1. The van der Waals surface area contributed by atoms with E-state index in [1.807, 2.05) is 76.2 Å². The molecule has 5 atom stereocenters. The topological polar surface area (TPSA) is 207 Å². The van der Waals surface area contributed by atoms with Crippen molar-refractivity contribution in [2.24, 2.45) is 17.8 Å². The van der Waals surface area contributed by atoms with Gasteiger partial charge >= 0.3 is 5.97 Å². The number of benzene rings is 2. The molecule has 1 fully saturated rings. The summed E-state index contributed by atoms with van der Waals surface area (Å²) in [6.45, 7) is 12.5. The third-order valence-electron chi connectivity index (χ3n) is 10.9. The Kier molecular flexibility index (Phi) is 20.3. The molecule has 0 saturated heterocycles. The third-order valence-corrected chi connectivity index (χ3v) is 10.9. The van der Waals surface area contributed by atoms with E-state index in [2.05, 4.69) is 21.3 Å². The van der Waals surface area contributed by atoms with Crippen molar-refractivity contribution >= 4 is 29.6 Å². The van der Waals surface area contributed by atoms with Crippen LogP contribution in [0, 0.1) is 17.8 Å². The van der Waals surface area contributed by atoms with Crippen LogP contribution >= 0.6 is 0 Å². The summed E-state index contributed by atoms with van der Waals surface area (Å²) in [5.74, 6) is -0.721. The van der Waals surface area contributed by atoms with Crippen LogP contribution in [0.25, 0.3) is 0 Å². The minimum Gasteiger partial charge on any atom is -0.491 e. The number of amides is 4. The molecule has 0 aromatic heterocycles. The molecule has 0 bridgehead atoms. The zero-order valence-electron chi connectivity index (χ0n) is 35.9. The molecule has 2 aromatic carbocycles. The molecule has 4 amide bonds. The quantitative estimate of drug-likeness (QED) is 0.109. The van der Waals surface area contributed by atoms with E-state index >= 15 is 0 Å². The first-order valence-corrected chi connectivity index (χ1v) is 21.3. The van der Waals surface area contributed by atoms with Gasteiger partial charge in [-0.1, -0.05) is 96.2 Å². The van der Waals surface area contributed by atoms with E-state index in [-0.39, 0.29) is 61.1 Å². The summed E-state index contributed by atoms with van der Waals surface area (Å²) in [5, 5.41) is 23.5. The Bertz CT molecular complexity index is 1650. The molecule has 2 aromatic rings. The number of aliphatic hydroxyl groups excluding tert-OH is 1. The molecule has 7 N–H and O–H groups in total. The Morgan fingerprint density at radius 2 is 1.63 bits per heavy atom. The number of hydrogen-bond acceptors (Lipinski definition) is 9.